The van der Waals surface area contributed by atoms with Gasteiger partial charge in [0.15, 0.2) is 5.92 Å². The van der Waals surface area contributed by atoms with Crippen molar-refractivity contribution in [3.05, 3.63) is 0 Å². The minimum atomic E-state index is -1.07. The molecule has 0 bridgehead atoms. The summed E-state index contributed by atoms with van der Waals surface area (Å²) in [5, 5.41) is 9.02. The Labute approximate surface area is 102 Å². The van der Waals surface area contributed by atoms with Crippen molar-refractivity contribution in [3.63, 3.8) is 0 Å². The Morgan fingerprint density at radius 3 is 2.29 bits per heavy atom. The summed E-state index contributed by atoms with van der Waals surface area (Å²) < 4.78 is 5.30. The van der Waals surface area contributed by atoms with Crippen LogP contribution in [0.3, 0.4) is 0 Å². The molecule has 1 atom stereocenters. The Kier molecular flexibility index (Phi) is 5.45. The normalized spacial score (nSPS) is 19.0. The van der Waals surface area contributed by atoms with Gasteiger partial charge in [0.1, 0.15) is 6.10 Å². The van der Waals surface area contributed by atoms with Gasteiger partial charge >= 0.3 is 11.9 Å². The van der Waals surface area contributed by atoms with Gasteiger partial charge in [-0.25, -0.2) is 0 Å². The lowest BCUT2D eigenvalue weighted by Gasteiger charge is -2.23. The van der Waals surface area contributed by atoms with Crippen molar-refractivity contribution in [1.29, 1.82) is 0 Å². The van der Waals surface area contributed by atoms with Gasteiger partial charge in [0.2, 0.25) is 0 Å². The number of hydrogen-bond acceptors (Lipinski definition) is 3. The van der Waals surface area contributed by atoms with E-state index >= 15 is 0 Å². The number of aliphatic carboxylic acids is 1. The molecule has 1 unspecified atom stereocenters. The van der Waals surface area contributed by atoms with Gasteiger partial charge < -0.3 is 9.84 Å². The maximum absolute atomic E-state index is 11.8. The first kappa shape index (κ1) is 14.0. The Hall–Kier alpha value is -1.06. The number of rotatable bonds is 5. The first-order chi connectivity index (χ1) is 8.00. The maximum Gasteiger partial charge on any atom is 0.320 e. The van der Waals surface area contributed by atoms with Crippen LogP contribution in [-0.4, -0.2) is 23.1 Å². The second kappa shape index (κ2) is 6.62. The van der Waals surface area contributed by atoms with Crippen molar-refractivity contribution >= 4 is 11.9 Å². The molecular weight excluding hydrogens is 220 g/mol. The van der Waals surface area contributed by atoms with Crippen molar-refractivity contribution in [1.82, 2.24) is 0 Å². The van der Waals surface area contributed by atoms with Crippen LogP contribution in [0.25, 0.3) is 0 Å². The fourth-order valence-electron chi connectivity index (χ4n) is 2.20. The quantitative estimate of drug-likeness (QED) is 0.594. The van der Waals surface area contributed by atoms with E-state index in [0.717, 1.165) is 25.7 Å². The summed E-state index contributed by atoms with van der Waals surface area (Å²) >= 11 is 0. The number of carboxylic acid groups (broad SMARTS) is 1. The average Bonchev–Trinajstić information content (AvgIpc) is 2.26. The molecule has 1 fully saturated rings. The lowest BCUT2D eigenvalue weighted by atomic mass is 9.95. The van der Waals surface area contributed by atoms with E-state index in [9.17, 15) is 9.59 Å². The topological polar surface area (TPSA) is 63.6 Å². The Bertz CT molecular complexity index is 267. The fraction of sp³-hybridized carbons (Fsp3) is 0.846. The lowest BCUT2D eigenvalue weighted by molar-refractivity contribution is -0.164. The molecule has 0 heterocycles. The molecule has 4 nitrogen and oxygen atoms in total. The Balaban J connectivity index is 2.49. The van der Waals surface area contributed by atoms with E-state index in [1.165, 1.54) is 6.42 Å². The van der Waals surface area contributed by atoms with Crippen LogP contribution in [-0.2, 0) is 14.3 Å². The molecule has 0 radical (unpaired) electrons. The van der Waals surface area contributed by atoms with Crippen LogP contribution in [0.15, 0.2) is 0 Å². The van der Waals surface area contributed by atoms with Gasteiger partial charge in [-0.1, -0.05) is 20.3 Å². The minimum absolute atomic E-state index is 0.0646. The van der Waals surface area contributed by atoms with E-state index in [1.54, 1.807) is 0 Å². The van der Waals surface area contributed by atoms with E-state index in [4.69, 9.17) is 9.84 Å². The third kappa shape index (κ3) is 4.75. The Morgan fingerprint density at radius 1 is 1.24 bits per heavy atom. The fourth-order valence-corrected chi connectivity index (χ4v) is 2.20. The van der Waals surface area contributed by atoms with Crippen LogP contribution in [0.2, 0.25) is 0 Å². The molecule has 1 saturated carbocycles. The predicted molar refractivity (Wildman–Crippen MR) is 63.5 cm³/mol. The van der Waals surface area contributed by atoms with Gasteiger partial charge in [0, 0.05) is 0 Å². The predicted octanol–water partition coefficient (Wildman–Crippen LogP) is 2.61. The molecule has 4 heteroatoms. The molecule has 1 rings (SSSR count). The van der Waals surface area contributed by atoms with Crippen LogP contribution in [0.4, 0.5) is 0 Å². The van der Waals surface area contributed by atoms with E-state index < -0.39 is 17.9 Å². The van der Waals surface area contributed by atoms with Crippen LogP contribution < -0.4 is 0 Å². The highest BCUT2D eigenvalue weighted by molar-refractivity contribution is 5.93. The van der Waals surface area contributed by atoms with Gasteiger partial charge in [-0.2, -0.15) is 0 Å². The maximum atomic E-state index is 11.8. The van der Waals surface area contributed by atoms with Crippen molar-refractivity contribution in [2.45, 2.75) is 58.5 Å². The molecule has 0 aromatic carbocycles. The number of hydrogen-bond donors (Lipinski definition) is 1. The highest BCUT2D eigenvalue weighted by Crippen LogP contribution is 2.22. The Morgan fingerprint density at radius 2 is 1.82 bits per heavy atom. The van der Waals surface area contributed by atoms with Crippen LogP contribution in [0, 0.1) is 11.8 Å². The monoisotopic (exact) mass is 242 g/mol. The van der Waals surface area contributed by atoms with E-state index in [0.29, 0.717) is 6.42 Å². The molecule has 0 aliphatic heterocycles. The molecule has 1 N–H and O–H groups in total. The van der Waals surface area contributed by atoms with Crippen molar-refractivity contribution in [2.24, 2.45) is 11.8 Å². The molecular formula is C13H22O4. The SMILES string of the molecule is CC(C)CC(C(=O)O)C(=O)OC1CCCCC1. The van der Waals surface area contributed by atoms with E-state index in [2.05, 4.69) is 0 Å². The summed E-state index contributed by atoms with van der Waals surface area (Å²) in [4.78, 5) is 22.8. The number of carbonyl (C=O) groups excluding carboxylic acids is 1. The number of esters is 1. The van der Waals surface area contributed by atoms with Crippen molar-refractivity contribution < 1.29 is 19.4 Å². The second-order valence-electron chi connectivity index (χ2n) is 5.22. The molecule has 0 spiro atoms. The van der Waals surface area contributed by atoms with E-state index in [-0.39, 0.29) is 12.0 Å². The van der Waals surface area contributed by atoms with Crippen LogP contribution >= 0.6 is 0 Å². The largest absolute Gasteiger partial charge is 0.481 e. The summed E-state index contributed by atoms with van der Waals surface area (Å²) in [5.74, 6) is -2.45. The van der Waals surface area contributed by atoms with Gasteiger partial charge in [-0.05, 0) is 38.0 Å². The first-order valence-corrected chi connectivity index (χ1v) is 6.44. The third-order valence-electron chi connectivity index (χ3n) is 3.12. The highest BCUT2D eigenvalue weighted by atomic mass is 16.5. The number of carboxylic acids is 1. The third-order valence-corrected chi connectivity index (χ3v) is 3.12. The molecule has 98 valence electrons. The van der Waals surface area contributed by atoms with Crippen molar-refractivity contribution in [2.75, 3.05) is 0 Å². The summed E-state index contributed by atoms with van der Waals surface area (Å²) in [5.41, 5.74) is 0. The number of ether oxygens (including phenoxy) is 1. The summed E-state index contributed by atoms with van der Waals surface area (Å²) in [7, 11) is 0. The summed E-state index contributed by atoms with van der Waals surface area (Å²) in [6, 6.07) is 0. The van der Waals surface area contributed by atoms with Crippen molar-refractivity contribution in [3.8, 4) is 0 Å². The highest BCUT2D eigenvalue weighted by Gasteiger charge is 2.30. The summed E-state index contributed by atoms with van der Waals surface area (Å²) in [6.07, 6.45) is 5.35. The lowest BCUT2D eigenvalue weighted by Crippen LogP contribution is -2.31. The first-order valence-electron chi connectivity index (χ1n) is 6.44. The van der Waals surface area contributed by atoms with Gasteiger partial charge in [-0.15, -0.1) is 0 Å². The summed E-state index contributed by atoms with van der Waals surface area (Å²) in [6.45, 7) is 3.81. The molecule has 0 aromatic rings. The molecule has 0 aromatic heterocycles. The van der Waals surface area contributed by atoms with Gasteiger partial charge in [0.25, 0.3) is 0 Å². The van der Waals surface area contributed by atoms with E-state index in [1.807, 2.05) is 13.8 Å². The van der Waals surface area contributed by atoms with Crippen LogP contribution in [0.5, 0.6) is 0 Å². The van der Waals surface area contributed by atoms with Gasteiger partial charge in [-0.3, -0.25) is 9.59 Å². The zero-order chi connectivity index (χ0) is 12.8. The second-order valence-corrected chi connectivity index (χ2v) is 5.22. The zero-order valence-electron chi connectivity index (χ0n) is 10.6. The average molecular weight is 242 g/mol. The molecule has 0 saturated heterocycles. The molecule has 1 aliphatic carbocycles. The standard InChI is InChI=1S/C13H22O4/c1-9(2)8-11(12(14)15)13(16)17-10-6-4-3-5-7-10/h9-11H,3-8H2,1-2H3,(H,14,15). The molecule has 1 aliphatic rings. The van der Waals surface area contributed by atoms with Crippen LogP contribution in [0.1, 0.15) is 52.4 Å². The van der Waals surface area contributed by atoms with Gasteiger partial charge in [0.05, 0.1) is 0 Å². The zero-order valence-corrected chi connectivity index (χ0v) is 10.6. The number of carbonyl (C=O) groups is 2. The molecule has 0 amide bonds. The minimum Gasteiger partial charge on any atom is -0.481 e. The smallest absolute Gasteiger partial charge is 0.320 e. The molecule has 17 heavy (non-hydrogen) atoms.